The van der Waals surface area contributed by atoms with Gasteiger partial charge < -0.3 is 0 Å². The highest BCUT2D eigenvalue weighted by atomic mass is 127. The first-order valence-corrected chi connectivity index (χ1v) is 8.23. The van der Waals surface area contributed by atoms with Crippen LogP contribution in [0.3, 0.4) is 0 Å². The Morgan fingerprint density at radius 3 is 1.39 bits per heavy atom. The molecule has 3 nitrogen and oxygen atoms in total. The van der Waals surface area contributed by atoms with Gasteiger partial charge in [0.15, 0.2) is 11.5 Å². The van der Waals surface area contributed by atoms with E-state index in [-0.39, 0.29) is 0 Å². The Morgan fingerprint density at radius 2 is 1.06 bits per heavy atom. The Labute approximate surface area is 133 Å². The Balaban J connectivity index is 1.96. The maximum absolute atomic E-state index is 11.7. The molecule has 0 aliphatic carbocycles. The summed E-state index contributed by atoms with van der Waals surface area (Å²) in [5, 5.41) is 0. The third-order valence-corrected chi connectivity index (χ3v) is 4.15. The van der Waals surface area contributed by atoms with E-state index in [1.807, 2.05) is 24.3 Å². The van der Waals surface area contributed by atoms with Crippen LogP contribution < -0.4 is 9.05 Å². The van der Waals surface area contributed by atoms with Crippen molar-refractivity contribution in [1.82, 2.24) is 0 Å². The molecule has 2 rings (SSSR count). The van der Waals surface area contributed by atoms with Gasteiger partial charge in [-0.15, -0.1) is 0 Å². The first-order chi connectivity index (χ1) is 8.63. The SMILES string of the molecule is O=[P+](Oc1ccc(I)cc1)Oc1ccc(I)cc1. The van der Waals surface area contributed by atoms with Gasteiger partial charge in [-0.25, -0.2) is 9.05 Å². The van der Waals surface area contributed by atoms with Gasteiger partial charge in [-0.05, 0) is 93.7 Å². The second kappa shape index (κ2) is 6.68. The average Bonchev–Trinajstić information content (AvgIpc) is 2.35. The zero-order valence-corrected chi connectivity index (χ0v) is 14.3. The third kappa shape index (κ3) is 4.37. The number of halogens is 2. The molecule has 0 unspecified atom stereocenters. The van der Waals surface area contributed by atoms with Crippen molar-refractivity contribution in [1.29, 1.82) is 0 Å². The molecule has 2 aromatic rings. The summed E-state index contributed by atoms with van der Waals surface area (Å²) in [5.41, 5.74) is 0. The Kier molecular flexibility index (Phi) is 5.20. The Morgan fingerprint density at radius 1 is 0.722 bits per heavy atom. The predicted octanol–water partition coefficient (Wildman–Crippen LogP) is 5.01. The van der Waals surface area contributed by atoms with E-state index in [0.717, 1.165) is 7.14 Å². The molecule has 0 spiro atoms. The van der Waals surface area contributed by atoms with Crippen LogP contribution in [-0.2, 0) is 4.57 Å². The van der Waals surface area contributed by atoms with Crippen LogP contribution in [0, 0.1) is 7.14 Å². The lowest BCUT2D eigenvalue weighted by atomic mass is 10.3. The Hall–Kier alpha value is -0.400. The number of hydrogen-bond acceptors (Lipinski definition) is 3. The molecule has 0 fully saturated rings. The molecule has 0 saturated carbocycles. The van der Waals surface area contributed by atoms with Crippen LogP contribution in [0.4, 0.5) is 0 Å². The van der Waals surface area contributed by atoms with E-state index in [4.69, 9.17) is 9.05 Å². The summed E-state index contributed by atoms with van der Waals surface area (Å²) in [6.07, 6.45) is 0. The van der Waals surface area contributed by atoms with Crippen molar-refractivity contribution in [3.05, 3.63) is 55.7 Å². The second-order valence-electron chi connectivity index (χ2n) is 3.31. The average molecular weight is 485 g/mol. The minimum absolute atomic E-state index is 0.530. The second-order valence-corrected chi connectivity index (χ2v) is 6.62. The fourth-order valence-corrected chi connectivity index (χ4v) is 2.53. The first kappa shape index (κ1) is 14.0. The summed E-state index contributed by atoms with van der Waals surface area (Å²) in [6, 6.07) is 14.5. The first-order valence-electron chi connectivity index (χ1n) is 4.98. The normalized spacial score (nSPS) is 9.89. The van der Waals surface area contributed by atoms with Crippen molar-refractivity contribution in [2.45, 2.75) is 0 Å². The standard InChI is InChI=1S/C12H8I2O3P/c13-9-1-5-11(6-2-9)16-18(15)17-12-7-3-10(14)4-8-12/h1-8H/q+1. The monoisotopic (exact) mass is 485 g/mol. The predicted molar refractivity (Wildman–Crippen MR) is 87.2 cm³/mol. The van der Waals surface area contributed by atoms with Crippen LogP contribution in [0.1, 0.15) is 0 Å². The minimum Gasteiger partial charge on any atom is -0.222 e. The fourth-order valence-electron chi connectivity index (χ4n) is 1.18. The molecular formula is C12H8I2O3P+. The van der Waals surface area contributed by atoms with Gasteiger partial charge in [-0.2, -0.15) is 0 Å². The molecule has 0 aliphatic rings. The van der Waals surface area contributed by atoms with Gasteiger partial charge in [0.25, 0.3) is 0 Å². The van der Waals surface area contributed by atoms with E-state index in [1.165, 1.54) is 0 Å². The summed E-state index contributed by atoms with van der Waals surface area (Å²) < 4.78 is 24.2. The van der Waals surface area contributed by atoms with Crippen molar-refractivity contribution in [3.8, 4) is 11.5 Å². The van der Waals surface area contributed by atoms with Gasteiger partial charge in [0, 0.05) is 11.7 Å². The fraction of sp³-hybridized carbons (Fsp3) is 0. The Bertz CT molecular complexity index is 491. The van der Waals surface area contributed by atoms with Gasteiger partial charge in [0.2, 0.25) is 0 Å². The smallest absolute Gasteiger partial charge is 0.222 e. The number of benzene rings is 2. The summed E-state index contributed by atoms with van der Waals surface area (Å²) >= 11 is 4.38. The van der Waals surface area contributed by atoms with Crippen LogP contribution in [0.15, 0.2) is 48.5 Å². The van der Waals surface area contributed by atoms with Gasteiger partial charge in [-0.1, -0.05) is 0 Å². The van der Waals surface area contributed by atoms with Crippen molar-refractivity contribution in [2.75, 3.05) is 0 Å². The highest BCUT2D eigenvalue weighted by Crippen LogP contribution is 2.30. The zero-order chi connectivity index (χ0) is 13.0. The van der Waals surface area contributed by atoms with E-state index >= 15 is 0 Å². The molecule has 92 valence electrons. The topological polar surface area (TPSA) is 35.5 Å². The molecule has 0 atom stereocenters. The molecule has 18 heavy (non-hydrogen) atoms. The lowest BCUT2D eigenvalue weighted by Gasteiger charge is -1.95. The van der Waals surface area contributed by atoms with E-state index < -0.39 is 8.25 Å². The summed E-state index contributed by atoms with van der Waals surface area (Å²) in [5.74, 6) is 1.06. The van der Waals surface area contributed by atoms with Crippen LogP contribution >= 0.6 is 53.4 Å². The molecular weight excluding hydrogens is 477 g/mol. The number of rotatable bonds is 4. The molecule has 6 heteroatoms. The summed E-state index contributed by atoms with van der Waals surface area (Å²) in [4.78, 5) is 0. The third-order valence-electron chi connectivity index (χ3n) is 1.99. The molecule has 0 saturated heterocycles. The summed E-state index contributed by atoms with van der Waals surface area (Å²) in [6.45, 7) is 0. The molecule has 0 amide bonds. The van der Waals surface area contributed by atoms with Crippen LogP contribution in [0.2, 0.25) is 0 Å². The van der Waals surface area contributed by atoms with Gasteiger partial charge in [-0.3, -0.25) is 0 Å². The highest BCUT2D eigenvalue weighted by molar-refractivity contribution is 14.1. The summed E-state index contributed by atoms with van der Waals surface area (Å²) in [7, 11) is -2.21. The van der Waals surface area contributed by atoms with E-state index in [2.05, 4.69) is 45.2 Å². The molecule has 0 bridgehead atoms. The van der Waals surface area contributed by atoms with Crippen molar-refractivity contribution >= 4 is 53.4 Å². The molecule has 0 radical (unpaired) electrons. The minimum atomic E-state index is -2.21. The molecule has 0 heterocycles. The van der Waals surface area contributed by atoms with Gasteiger partial charge in [0.1, 0.15) is 0 Å². The van der Waals surface area contributed by atoms with E-state index in [0.29, 0.717) is 11.5 Å². The molecule has 0 aromatic heterocycles. The van der Waals surface area contributed by atoms with Crippen LogP contribution in [-0.4, -0.2) is 0 Å². The lowest BCUT2D eigenvalue weighted by molar-refractivity contribution is 0.415. The molecule has 0 aliphatic heterocycles. The molecule has 0 N–H and O–H groups in total. The molecule has 2 aromatic carbocycles. The quantitative estimate of drug-likeness (QED) is 0.452. The maximum Gasteiger partial charge on any atom is 0.805 e. The largest absolute Gasteiger partial charge is 0.805 e. The van der Waals surface area contributed by atoms with E-state index in [1.54, 1.807) is 24.3 Å². The lowest BCUT2D eigenvalue weighted by Crippen LogP contribution is -1.88. The van der Waals surface area contributed by atoms with Crippen LogP contribution in [0.5, 0.6) is 11.5 Å². The van der Waals surface area contributed by atoms with Crippen LogP contribution in [0.25, 0.3) is 0 Å². The van der Waals surface area contributed by atoms with E-state index in [9.17, 15) is 4.57 Å². The zero-order valence-electron chi connectivity index (χ0n) is 9.05. The van der Waals surface area contributed by atoms with Gasteiger partial charge >= 0.3 is 8.25 Å². The van der Waals surface area contributed by atoms with Crippen molar-refractivity contribution < 1.29 is 13.6 Å². The van der Waals surface area contributed by atoms with Crippen molar-refractivity contribution in [2.24, 2.45) is 0 Å². The van der Waals surface area contributed by atoms with Crippen molar-refractivity contribution in [3.63, 3.8) is 0 Å². The number of hydrogen-bond donors (Lipinski definition) is 0. The maximum atomic E-state index is 11.7. The highest BCUT2D eigenvalue weighted by Gasteiger charge is 2.23. The van der Waals surface area contributed by atoms with Gasteiger partial charge in [0.05, 0.1) is 0 Å².